The lowest BCUT2D eigenvalue weighted by Gasteiger charge is -2.09. The molecule has 0 atom stereocenters. The van der Waals surface area contributed by atoms with Crippen molar-refractivity contribution in [2.45, 2.75) is 0 Å². The number of aliphatic carboxylic acids is 1. The lowest BCUT2D eigenvalue weighted by molar-refractivity contribution is -0.307. The van der Waals surface area contributed by atoms with Crippen molar-refractivity contribution in [1.82, 2.24) is 5.43 Å². The Morgan fingerprint density at radius 3 is 2.57 bits per heavy atom. The molecule has 0 aliphatic rings. The van der Waals surface area contributed by atoms with E-state index >= 15 is 0 Å². The predicted octanol–water partition coefficient (Wildman–Crippen LogP) is 1.53. The summed E-state index contributed by atoms with van der Waals surface area (Å²) in [5.74, 6) is -1.31. The second-order valence-electron chi connectivity index (χ2n) is 5.91. The van der Waals surface area contributed by atoms with Crippen LogP contribution in [0, 0.1) is 0 Å². The summed E-state index contributed by atoms with van der Waals surface area (Å²) in [7, 11) is 0. The molecule has 0 saturated carbocycles. The van der Waals surface area contributed by atoms with E-state index in [9.17, 15) is 14.7 Å². The third-order valence-electron chi connectivity index (χ3n) is 3.86. The number of rotatable bonds is 8. The van der Waals surface area contributed by atoms with Gasteiger partial charge < -0.3 is 20.0 Å². The number of nitrogens with one attached hydrogen (secondary N) is 2. The fourth-order valence-electron chi connectivity index (χ4n) is 2.55. The van der Waals surface area contributed by atoms with Crippen molar-refractivity contribution < 1.29 is 19.4 Å². The molecule has 0 aliphatic carbocycles. The Morgan fingerprint density at radius 1 is 1.00 bits per heavy atom. The largest absolute Gasteiger partial charge is 0.546 e. The smallest absolute Gasteiger partial charge is 0.259 e. The highest BCUT2D eigenvalue weighted by Crippen LogP contribution is 2.18. The minimum atomic E-state index is -1.32. The number of carboxylic acid groups (broad SMARTS) is 1. The van der Waals surface area contributed by atoms with Crippen molar-refractivity contribution in [2.75, 3.05) is 18.5 Å². The van der Waals surface area contributed by atoms with E-state index < -0.39 is 12.6 Å². The molecule has 7 heteroatoms. The van der Waals surface area contributed by atoms with Gasteiger partial charge in [0.15, 0.2) is 0 Å². The van der Waals surface area contributed by atoms with Gasteiger partial charge in [-0.05, 0) is 35.0 Å². The highest BCUT2D eigenvalue weighted by Gasteiger charge is 2.03. The number of hydrogen-bond acceptors (Lipinski definition) is 6. The average Bonchev–Trinajstić information content (AvgIpc) is 2.71. The Hall–Kier alpha value is -3.87. The van der Waals surface area contributed by atoms with Crippen LogP contribution in [0.3, 0.4) is 0 Å². The summed E-state index contributed by atoms with van der Waals surface area (Å²) in [6.45, 7) is -0.509. The molecule has 142 valence electrons. The molecule has 1 amide bonds. The first-order valence-electron chi connectivity index (χ1n) is 8.58. The highest BCUT2D eigenvalue weighted by atomic mass is 16.5. The van der Waals surface area contributed by atoms with E-state index in [2.05, 4.69) is 15.8 Å². The molecule has 3 aromatic rings. The number of nitrogens with zero attached hydrogens (tertiary/aromatic N) is 1. The number of amides is 1. The lowest BCUT2D eigenvalue weighted by Crippen LogP contribution is -2.29. The quantitative estimate of drug-likeness (QED) is 0.458. The third-order valence-corrected chi connectivity index (χ3v) is 3.86. The van der Waals surface area contributed by atoms with E-state index in [1.807, 2.05) is 42.5 Å². The van der Waals surface area contributed by atoms with Crippen molar-refractivity contribution in [3.8, 4) is 5.75 Å². The molecule has 7 nitrogen and oxygen atoms in total. The van der Waals surface area contributed by atoms with Crippen molar-refractivity contribution in [3.05, 3.63) is 72.3 Å². The molecule has 0 spiro atoms. The number of carboxylic acids is 1. The Bertz CT molecular complexity index is 1020. The molecule has 0 aliphatic heterocycles. The van der Waals surface area contributed by atoms with Crippen LogP contribution in [-0.2, 0) is 9.59 Å². The van der Waals surface area contributed by atoms with E-state index in [0.717, 1.165) is 16.5 Å². The van der Waals surface area contributed by atoms with Gasteiger partial charge in [-0.2, -0.15) is 5.10 Å². The summed E-state index contributed by atoms with van der Waals surface area (Å²) in [6.07, 6.45) is 1.39. The van der Waals surface area contributed by atoms with Crippen LogP contribution in [-0.4, -0.2) is 31.2 Å². The van der Waals surface area contributed by atoms with Crippen LogP contribution in [0.4, 0.5) is 5.69 Å². The SMILES string of the molecule is O=C([O-])COc1ccccc1/C=N\NC(=O)CNc1ccc2ccccc2c1. The molecule has 0 heterocycles. The Balaban J connectivity index is 1.53. The van der Waals surface area contributed by atoms with Gasteiger partial charge in [0.2, 0.25) is 0 Å². The van der Waals surface area contributed by atoms with Gasteiger partial charge in [-0.25, -0.2) is 5.43 Å². The van der Waals surface area contributed by atoms with Gasteiger partial charge in [-0.1, -0.05) is 42.5 Å². The summed E-state index contributed by atoms with van der Waals surface area (Å²) in [4.78, 5) is 22.5. The molecule has 0 bridgehead atoms. The van der Waals surface area contributed by atoms with Crippen molar-refractivity contribution in [3.63, 3.8) is 0 Å². The second kappa shape index (κ2) is 9.18. The normalized spacial score (nSPS) is 10.7. The number of fused-ring (bicyclic) bond motifs is 1. The number of carbonyl (C=O) groups is 2. The summed E-state index contributed by atoms with van der Waals surface area (Å²) in [5, 5.41) is 19.7. The van der Waals surface area contributed by atoms with Gasteiger partial charge in [0.05, 0.1) is 18.7 Å². The van der Waals surface area contributed by atoms with Crippen LogP contribution in [0.15, 0.2) is 71.8 Å². The number of hydrogen-bond donors (Lipinski definition) is 2. The zero-order chi connectivity index (χ0) is 19.8. The minimum Gasteiger partial charge on any atom is -0.546 e. The summed E-state index contributed by atoms with van der Waals surface area (Å²) in [5.41, 5.74) is 3.78. The summed E-state index contributed by atoms with van der Waals surface area (Å²) >= 11 is 0. The standard InChI is InChI=1S/C21H19N3O4/c25-20(13-22-18-10-9-15-5-1-2-6-16(15)11-18)24-23-12-17-7-3-4-8-19(17)28-14-21(26)27/h1-12,22H,13-14H2,(H,24,25)(H,26,27)/p-1/b23-12-. The van der Waals surface area contributed by atoms with Crippen molar-refractivity contribution in [2.24, 2.45) is 5.10 Å². The van der Waals surface area contributed by atoms with Crippen LogP contribution in [0.5, 0.6) is 5.75 Å². The number of anilines is 1. The molecule has 0 fully saturated rings. The number of benzene rings is 3. The second-order valence-corrected chi connectivity index (χ2v) is 5.91. The minimum absolute atomic E-state index is 0.0541. The monoisotopic (exact) mass is 376 g/mol. The number of carbonyl (C=O) groups excluding carboxylic acids is 2. The Kier molecular flexibility index (Phi) is 6.20. The lowest BCUT2D eigenvalue weighted by atomic mass is 10.1. The number of para-hydroxylation sites is 1. The molecule has 28 heavy (non-hydrogen) atoms. The number of hydrazone groups is 1. The third kappa shape index (κ3) is 5.31. The first-order valence-corrected chi connectivity index (χ1v) is 8.58. The van der Waals surface area contributed by atoms with Gasteiger partial charge in [0.1, 0.15) is 12.4 Å². The van der Waals surface area contributed by atoms with E-state index in [1.165, 1.54) is 6.21 Å². The van der Waals surface area contributed by atoms with E-state index in [0.29, 0.717) is 11.3 Å². The Morgan fingerprint density at radius 2 is 1.75 bits per heavy atom. The van der Waals surface area contributed by atoms with Gasteiger partial charge >= 0.3 is 0 Å². The van der Waals surface area contributed by atoms with Crippen LogP contribution >= 0.6 is 0 Å². The fourth-order valence-corrected chi connectivity index (χ4v) is 2.55. The molecule has 0 aromatic heterocycles. The summed E-state index contributed by atoms with van der Waals surface area (Å²) in [6, 6.07) is 20.6. The topological polar surface area (TPSA) is 103 Å². The van der Waals surface area contributed by atoms with Gasteiger partial charge in [0, 0.05) is 11.3 Å². The molecule has 0 radical (unpaired) electrons. The van der Waals surface area contributed by atoms with Gasteiger partial charge in [-0.3, -0.25) is 4.79 Å². The van der Waals surface area contributed by atoms with Crippen LogP contribution in [0.25, 0.3) is 10.8 Å². The zero-order valence-corrected chi connectivity index (χ0v) is 14.9. The molecule has 3 aromatic carbocycles. The first kappa shape index (κ1) is 18.9. The molecular weight excluding hydrogens is 358 g/mol. The van der Waals surface area contributed by atoms with Crippen LogP contribution in [0.1, 0.15) is 5.56 Å². The maximum Gasteiger partial charge on any atom is 0.259 e. The predicted molar refractivity (Wildman–Crippen MR) is 105 cm³/mol. The average molecular weight is 376 g/mol. The molecule has 3 rings (SSSR count). The zero-order valence-electron chi connectivity index (χ0n) is 14.9. The van der Waals surface area contributed by atoms with Crippen molar-refractivity contribution >= 4 is 34.6 Å². The van der Waals surface area contributed by atoms with Gasteiger partial charge in [0.25, 0.3) is 5.91 Å². The van der Waals surface area contributed by atoms with Crippen LogP contribution < -0.4 is 20.6 Å². The fraction of sp³-hybridized carbons (Fsp3) is 0.0952. The van der Waals surface area contributed by atoms with Crippen molar-refractivity contribution in [1.29, 1.82) is 0 Å². The maximum absolute atomic E-state index is 12.0. The maximum atomic E-state index is 12.0. The first-order chi connectivity index (χ1) is 13.6. The summed E-state index contributed by atoms with van der Waals surface area (Å²) < 4.78 is 5.12. The van der Waals surface area contributed by atoms with E-state index in [4.69, 9.17) is 4.74 Å². The Labute approximate surface area is 161 Å². The molecule has 0 unspecified atom stereocenters. The number of ether oxygens (including phenoxy) is 1. The van der Waals surface area contributed by atoms with Gasteiger partial charge in [-0.15, -0.1) is 0 Å². The van der Waals surface area contributed by atoms with Crippen LogP contribution in [0.2, 0.25) is 0 Å². The highest BCUT2D eigenvalue weighted by molar-refractivity contribution is 5.88. The molecule has 2 N–H and O–H groups in total. The molecular formula is C21H18N3O4-. The van der Waals surface area contributed by atoms with E-state index in [1.54, 1.807) is 24.3 Å². The molecule has 0 saturated heterocycles. The van der Waals surface area contributed by atoms with E-state index in [-0.39, 0.29) is 12.5 Å².